The van der Waals surface area contributed by atoms with Crippen LogP contribution in [0.5, 0.6) is 0 Å². The van der Waals surface area contributed by atoms with Gasteiger partial charge in [-0.25, -0.2) is 4.98 Å². The van der Waals surface area contributed by atoms with Gasteiger partial charge in [-0.3, -0.25) is 0 Å². The molecular weight excluding hydrogens is 697 g/mol. The number of furan rings is 1. The third-order valence-corrected chi connectivity index (χ3v) is 10.9. The van der Waals surface area contributed by atoms with Gasteiger partial charge in [-0.15, -0.1) is 0 Å². The number of benzene rings is 9. The second-order valence-electron chi connectivity index (χ2n) is 14.3. The summed E-state index contributed by atoms with van der Waals surface area (Å²) < 4.78 is 13.3. The molecule has 2 heterocycles. The molecule has 11 aromatic rings. The molecule has 2 aromatic heterocycles. The Hall–Kier alpha value is -7.69. The van der Waals surface area contributed by atoms with Crippen LogP contribution >= 0.6 is 0 Å². The molecule has 4 nitrogen and oxygen atoms in total. The van der Waals surface area contributed by atoms with E-state index in [4.69, 9.17) is 13.8 Å². The van der Waals surface area contributed by atoms with Crippen LogP contribution in [0.2, 0.25) is 0 Å². The van der Waals surface area contributed by atoms with Crippen molar-refractivity contribution in [3.05, 3.63) is 206 Å². The highest BCUT2D eigenvalue weighted by molar-refractivity contribution is 6.24. The Kier molecular flexibility index (Phi) is 7.78. The lowest BCUT2D eigenvalue weighted by Crippen LogP contribution is -2.10. The zero-order valence-electron chi connectivity index (χ0n) is 30.8. The van der Waals surface area contributed by atoms with Gasteiger partial charge in [0.05, 0.1) is 5.69 Å². The van der Waals surface area contributed by atoms with E-state index >= 15 is 0 Å². The minimum Gasteiger partial charge on any atom is -0.453 e. The maximum absolute atomic E-state index is 7.17. The van der Waals surface area contributed by atoms with E-state index in [1.54, 1.807) is 0 Å². The third-order valence-electron chi connectivity index (χ3n) is 10.9. The van der Waals surface area contributed by atoms with Crippen molar-refractivity contribution in [2.45, 2.75) is 0 Å². The van der Waals surface area contributed by atoms with E-state index < -0.39 is 0 Å². The van der Waals surface area contributed by atoms with Crippen molar-refractivity contribution in [2.24, 2.45) is 0 Å². The minimum atomic E-state index is 0.605. The molecule has 0 atom stereocenters. The first-order chi connectivity index (χ1) is 28.2. The number of rotatable bonds is 7. The molecule has 4 heteroatoms. The molecule has 0 aliphatic carbocycles. The van der Waals surface area contributed by atoms with Gasteiger partial charge in [-0.05, 0) is 99.3 Å². The Morgan fingerprint density at radius 2 is 0.930 bits per heavy atom. The molecule has 0 aliphatic rings. The SMILES string of the molecule is c1ccc(-c2ccc(N(c3ccc(-c4ccccc4)cc3)c3cccc4c3oc3c(-c5ccc(-c6nc7ccccc7o6)cc5)cc5ccccc5c34)cc2)cc1. The van der Waals surface area contributed by atoms with Crippen LogP contribution in [0.1, 0.15) is 0 Å². The second-order valence-corrected chi connectivity index (χ2v) is 14.3. The Morgan fingerprint density at radius 3 is 1.60 bits per heavy atom. The predicted octanol–water partition coefficient (Wildman–Crippen LogP) is 15.0. The van der Waals surface area contributed by atoms with Crippen molar-refractivity contribution in [2.75, 3.05) is 4.90 Å². The van der Waals surface area contributed by atoms with Gasteiger partial charge < -0.3 is 13.7 Å². The summed E-state index contributed by atoms with van der Waals surface area (Å²) in [6, 6.07) is 72.2. The third kappa shape index (κ3) is 5.74. The van der Waals surface area contributed by atoms with Crippen molar-refractivity contribution >= 4 is 60.9 Å². The molecule has 0 unspecified atom stereocenters. The number of aromatic nitrogens is 1. The van der Waals surface area contributed by atoms with E-state index in [2.05, 4.69) is 187 Å². The van der Waals surface area contributed by atoms with Crippen molar-refractivity contribution in [1.82, 2.24) is 4.98 Å². The Bertz CT molecular complexity index is 3080. The standard InChI is InChI=1S/C53H34N2O2/c1-3-12-35(13-4-1)37-26-30-42(31-27-37)55(43-32-28-38(29-33-43)36-14-5-2-6-15-36)48-20-11-18-45-50-44-17-8-7-16-41(44)34-46(52(50)57-51(45)48)39-22-24-40(25-23-39)53-54-47-19-9-10-21-49(47)56-53/h1-34H. The van der Waals surface area contributed by atoms with E-state index in [0.717, 1.165) is 77.6 Å². The van der Waals surface area contributed by atoms with E-state index in [-0.39, 0.29) is 0 Å². The van der Waals surface area contributed by atoms with Crippen LogP contribution in [0.25, 0.3) is 88.6 Å². The average molecular weight is 731 g/mol. The van der Waals surface area contributed by atoms with Gasteiger partial charge in [0.2, 0.25) is 5.89 Å². The molecule has 0 aliphatic heterocycles. The first-order valence-corrected chi connectivity index (χ1v) is 19.2. The largest absolute Gasteiger partial charge is 0.453 e. The number of fused-ring (bicyclic) bond motifs is 6. The van der Waals surface area contributed by atoms with Crippen LogP contribution in [-0.4, -0.2) is 4.98 Å². The first kappa shape index (κ1) is 32.7. The fourth-order valence-electron chi connectivity index (χ4n) is 8.11. The highest BCUT2D eigenvalue weighted by atomic mass is 16.3. The molecule has 0 saturated heterocycles. The lowest BCUT2D eigenvalue weighted by atomic mass is 9.95. The number of oxazole rings is 1. The highest BCUT2D eigenvalue weighted by Crippen LogP contribution is 2.47. The quantitative estimate of drug-likeness (QED) is 0.164. The van der Waals surface area contributed by atoms with Crippen LogP contribution in [0.4, 0.5) is 17.1 Å². The Labute approximate surface area is 329 Å². The molecule has 0 spiro atoms. The van der Waals surface area contributed by atoms with Crippen LogP contribution in [0.3, 0.4) is 0 Å². The van der Waals surface area contributed by atoms with Crippen molar-refractivity contribution in [1.29, 1.82) is 0 Å². The van der Waals surface area contributed by atoms with E-state index in [1.165, 1.54) is 22.3 Å². The average Bonchev–Trinajstić information content (AvgIpc) is 3.91. The molecule has 0 bridgehead atoms. The zero-order valence-corrected chi connectivity index (χ0v) is 30.8. The van der Waals surface area contributed by atoms with Crippen LogP contribution in [-0.2, 0) is 0 Å². The van der Waals surface area contributed by atoms with Crippen LogP contribution < -0.4 is 4.90 Å². The highest BCUT2D eigenvalue weighted by Gasteiger charge is 2.23. The molecule has 9 aromatic carbocycles. The summed E-state index contributed by atoms with van der Waals surface area (Å²) in [5, 5.41) is 4.47. The van der Waals surface area contributed by atoms with E-state index in [0.29, 0.717) is 5.89 Å². The van der Waals surface area contributed by atoms with Crippen molar-refractivity contribution in [3.8, 4) is 44.8 Å². The van der Waals surface area contributed by atoms with Crippen molar-refractivity contribution < 1.29 is 8.83 Å². The van der Waals surface area contributed by atoms with Gasteiger partial charge >= 0.3 is 0 Å². The summed E-state index contributed by atoms with van der Waals surface area (Å²) in [5.41, 5.74) is 14.0. The monoisotopic (exact) mass is 730 g/mol. The molecule has 11 rings (SSSR count). The maximum Gasteiger partial charge on any atom is 0.227 e. The topological polar surface area (TPSA) is 42.4 Å². The smallest absolute Gasteiger partial charge is 0.227 e. The molecule has 57 heavy (non-hydrogen) atoms. The fourth-order valence-corrected chi connectivity index (χ4v) is 8.11. The maximum atomic E-state index is 7.17. The summed E-state index contributed by atoms with van der Waals surface area (Å²) in [7, 11) is 0. The number of hydrogen-bond donors (Lipinski definition) is 0. The first-order valence-electron chi connectivity index (χ1n) is 19.2. The Morgan fingerprint density at radius 1 is 0.386 bits per heavy atom. The molecule has 268 valence electrons. The van der Waals surface area contributed by atoms with Crippen LogP contribution in [0.15, 0.2) is 215 Å². The summed E-state index contributed by atoms with van der Waals surface area (Å²) in [4.78, 5) is 7.04. The zero-order chi connectivity index (χ0) is 37.7. The summed E-state index contributed by atoms with van der Waals surface area (Å²) in [5.74, 6) is 0.605. The molecule has 0 radical (unpaired) electrons. The lowest BCUT2D eigenvalue weighted by Gasteiger charge is -2.26. The molecule has 0 fully saturated rings. The van der Waals surface area contributed by atoms with E-state index in [1.807, 2.05) is 24.3 Å². The number of anilines is 3. The fraction of sp³-hybridized carbons (Fsp3) is 0. The van der Waals surface area contributed by atoms with Crippen LogP contribution in [0, 0.1) is 0 Å². The number of nitrogens with zero attached hydrogens (tertiary/aromatic N) is 2. The van der Waals surface area contributed by atoms with E-state index in [9.17, 15) is 0 Å². The lowest BCUT2D eigenvalue weighted by molar-refractivity contribution is 0.620. The summed E-state index contributed by atoms with van der Waals surface area (Å²) >= 11 is 0. The number of para-hydroxylation sites is 3. The molecule has 0 amide bonds. The molecule has 0 N–H and O–H groups in total. The van der Waals surface area contributed by atoms with Gasteiger partial charge in [0.1, 0.15) is 11.1 Å². The van der Waals surface area contributed by atoms with Gasteiger partial charge in [-0.1, -0.05) is 146 Å². The second kappa shape index (κ2) is 13.6. The summed E-state index contributed by atoms with van der Waals surface area (Å²) in [6.45, 7) is 0. The molecule has 0 saturated carbocycles. The predicted molar refractivity (Wildman–Crippen MR) is 235 cm³/mol. The summed E-state index contributed by atoms with van der Waals surface area (Å²) in [6.07, 6.45) is 0. The molecular formula is C53H34N2O2. The van der Waals surface area contributed by atoms with Gasteiger partial charge in [0.15, 0.2) is 11.2 Å². The van der Waals surface area contributed by atoms with Gasteiger partial charge in [0.25, 0.3) is 0 Å². The normalized spacial score (nSPS) is 11.5. The van der Waals surface area contributed by atoms with Crippen molar-refractivity contribution in [3.63, 3.8) is 0 Å². The Balaban J connectivity index is 1.09. The van der Waals surface area contributed by atoms with Gasteiger partial charge in [-0.2, -0.15) is 0 Å². The minimum absolute atomic E-state index is 0.605. The van der Waals surface area contributed by atoms with Gasteiger partial charge in [0, 0.05) is 33.3 Å². The number of hydrogen-bond acceptors (Lipinski definition) is 4.